The molecule has 0 aromatic heterocycles. The predicted octanol–water partition coefficient (Wildman–Crippen LogP) is 5.24. The molecule has 0 aliphatic rings. The number of aryl methyl sites for hydroxylation is 3. The molecule has 0 radical (unpaired) electrons. The van der Waals surface area contributed by atoms with Crippen LogP contribution in [-0.4, -0.2) is 0 Å². The van der Waals surface area contributed by atoms with Crippen LogP contribution in [0.4, 0.5) is 18.9 Å². The molecule has 21 heavy (non-hydrogen) atoms. The molecule has 0 saturated heterocycles. The molecular formula is C17H18F3N. The van der Waals surface area contributed by atoms with Crippen LogP contribution in [0.3, 0.4) is 0 Å². The fraction of sp³-hybridized carbons (Fsp3) is 0.294. The SMILES string of the molecule is Cc1ccc(NCc2c(C)cccc2C)cc1C(F)(F)F. The van der Waals surface area contributed by atoms with Gasteiger partial charge in [-0.3, -0.25) is 0 Å². The first-order valence-electron chi connectivity index (χ1n) is 6.76. The van der Waals surface area contributed by atoms with Crippen molar-refractivity contribution < 1.29 is 13.2 Å². The molecule has 0 fully saturated rings. The quantitative estimate of drug-likeness (QED) is 0.815. The Bertz CT molecular complexity index is 625. The zero-order valence-electron chi connectivity index (χ0n) is 12.3. The van der Waals surface area contributed by atoms with E-state index in [1.807, 2.05) is 32.0 Å². The molecule has 0 heterocycles. The molecule has 2 aromatic carbocycles. The van der Waals surface area contributed by atoms with Crippen molar-refractivity contribution >= 4 is 5.69 Å². The van der Waals surface area contributed by atoms with Gasteiger partial charge in [0.05, 0.1) is 5.56 Å². The second kappa shape index (κ2) is 5.80. The minimum Gasteiger partial charge on any atom is -0.381 e. The largest absolute Gasteiger partial charge is 0.416 e. The van der Waals surface area contributed by atoms with Crippen LogP contribution in [0.5, 0.6) is 0 Å². The Hall–Kier alpha value is -1.97. The lowest BCUT2D eigenvalue weighted by molar-refractivity contribution is -0.138. The molecule has 2 rings (SSSR count). The summed E-state index contributed by atoms with van der Waals surface area (Å²) in [6.07, 6.45) is -4.32. The lowest BCUT2D eigenvalue weighted by Crippen LogP contribution is -2.09. The van der Waals surface area contributed by atoms with Crippen molar-refractivity contribution in [3.63, 3.8) is 0 Å². The van der Waals surface area contributed by atoms with Gasteiger partial charge in [-0.05, 0) is 55.2 Å². The van der Waals surface area contributed by atoms with E-state index in [9.17, 15) is 13.2 Å². The molecule has 1 nitrogen and oxygen atoms in total. The number of benzene rings is 2. The Balaban J connectivity index is 2.22. The third-order valence-corrected chi connectivity index (χ3v) is 3.66. The average Bonchev–Trinajstić information content (AvgIpc) is 2.38. The van der Waals surface area contributed by atoms with Crippen molar-refractivity contribution in [3.05, 3.63) is 64.2 Å². The summed E-state index contributed by atoms with van der Waals surface area (Å²) in [5, 5.41) is 3.08. The van der Waals surface area contributed by atoms with Crippen LogP contribution < -0.4 is 5.32 Å². The zero-order valence-corrected chi connectivity index (χ0v) is 12.3. The zero-order chi connectivity index (χ0) is 15.6. The lowest BCUT2D eigenvalue weighted by atomic mass is 10.0. The Morgan fingerprint density at radius 3 is 2.10 bits per heavy atom. The van der Waals surface area contributed by atoms with Crippen molar-refractivity contribution in [1.29, 1.82) is 0 Å². The minimum absolute atomic E-state index is 0.236. The van der Waals surface area contributed by atoms with E-state index >= 15 is 0 Å². The molecule has 2 aromatic rings. The molecule has 112 valence electrons. The maximum atomic E-state index is 12.9. The van der Waals surface area contributed by atoms with Crippen molar-refractivity contribution in [1.82, 2.24) is 0 Å². The normalized spacial score (nSPS) is 11.5. The topological polar surface area (TPSA) is 12.0 Å². The van der Waals surface area contributed by atoms with Gasteiger partial charge in [-0.15, -0.1) is 0 Å². The second-order valence-corrected chi connectivity index (χ2v) is 5.25. The Labute approximate surface area is 122 Å². The van der Waals surface area contributed by atoms with Crippen molar-refractivity contribution in [2.45, 2.75) is 33.5 Å². The van der Waals surface area contributed by atoms with Crippen LogP contribution in [0.2, 0.25) is 0 Å². The molecular weight excluding hydrogens is 275 g/mol. The van der Waals surface area contributed by atoms with E-state index in [0.717, 1.165) is 16.7 Å². The van der Waals surface area contributed by atoms with Gasteiger partial charge in [-0.25, -0.2) is 0 Å². The van der Waals surface area contributed by atoms with Crippen LogP contribution >= 0.6 is 0 Å². The molecule has 0 bridgehead atoms. The molecule has 0 saturated carbocycles. The van der Waals surface area contributed by atoms with E-state index in [-0.39, 0.29) is 5.56 Å². The number of anilines is 1. The number of rotatable bonds is 3. The van der Waals surface area contributed by atoms with Gasteiger partial charge >= 0.3 is 6.18 Å². The molecule has 0 atom stereocenters. The Kier molecular flexibility index (Phi) is 4.26. The highest BCUT2D eigenvalue weighted by Gasteiger charge is 2.32. The van der Waals surface area contributed by atoms with Crippen molar-refractivity contribution in [2.24, 2.45) is 0 Å². The molecule has 0 spiro atoms. The standard InChI is InChI=1S/C17H18F3N/c1-11-5-4-6-12(2)15(11)10-21-14-8-7-13(3)16(9-14)17(18,19)20/h4-9,21H,10H2,1-3H3. The van der Waals surface area contributed by atoms with Crippen LogP contribution in [0.1, 0.15) is 27.8 Å². The van der Waals surface area contributed by atoms with Gasteiger partial charge in [0.2, 0.25) is 0 Å². The Morgan fingerprint density at radius 1 is 0.905 bits per heavy atom. The maximum absolute atomic E-state index is 12.9. The fourth-order valence-corrected chi connectivity index (χ4v) is 2.36. The predicted molar refractivity (Wildman–Crippen MR) is 79.4 cm³/mol. The van der Waals surface area contributed by atoms with Gasteiger partial charge in [0.15, 0.2) is 0 Å². The van der Waals surface area contributed by atoms with Gasteiger partial charge in [-0.2, -0.15) is 13.2 Å². The number of nitrogens with one attached hydrogen (secondary N) is 1. The van der Waals surface area contributed by atoms with Crippen molar-refractivity contribution in [2.75, 3.05) is 5.32 Å². The highest BCUT2D eigenvalue weighted by atomic mass is 19.4. The van der Waals surface area contributed by atoms with Crippen LogP contribution in [0, 0.1) is 20.8 Å². The number of hydrogen-bond donors (Lipinski definition) is 1. The van der Waals surface area contributed by atoms with E-state index in [1.165, 1.54) is 19.1 Å². The van der Waals surface area contributed by atoms with Gasteiger partial charge in [0.1, 0.15) is 0 Å². The average molecular weight is 293 g/mol. The highest BCUT2D eigenvalue weighted by molar-refractivity contribution is 5.50. The summed E-state index contributed by atoms with van der Waals surface area (Å²) < 4.78 is 38.7. The molecule has 1 N–H and O–H groups in total. The molecule has 0 unspecified atom stereocenters. The summed E-state index contributed by atoms with van der Waals surface area (Å²) in [5.41, 5.74) is 3.51. The molecule has 4 heteroatoms. The Morgan fingerprint density at radius 2 is 1.52 bits per heavy atom. The smallest absolute Gasteiger partial charge is 0.381 e. The van der Waals surface area contributed by atoms with E-state index in [2.05, 4.69) is 5.32 Å². The van der Waals surface area contributed by atoms with E-state index in [1.54, 1.807) is 6.07 Å². The molecule has 0 aliphatic carbocycles. The first-order chi connectivity index (χ1) is 9.79. The number of alkyl halides is 3. The first-order valence-corrected chi connectivity index (χ1v) is 6.76. The van der Waals surface area contributed by atoms with Gasteiger partial charge < -0.3 is 5.32 Å². The summed E-state index contributed by atoms with van der Waals surface area (Å²) in [5.74, 6) is 0. The van der Waals surface area contributed by atoms with E-state index in [0.29, 0.717) is 12.2 Å². The van der Waals surface area contributed by atoms with Gasteiger partial charge in [0, 0.05) is 12.2 Å². The van der Waals surface area contributed by atoms with Gasteiger partial charge in [0.25, 0.3) is 0 Å². The minimum atomic E-state index is -4.32. The van der Waals surface area contributed by atoms with E-state index in [4.69, 9.17) is 0 Å². The number of halogens is 3. The van der Waals surface area contributed by atoms with Gasteiger partial charge in [-0.1, -0.05) is 24.3 Å². The third kappa shape index (κ3) is 3.57. The maximum Gasteiger partial charge on any atom is 0.416 e. The van der Waals surface area contributed by atoms with E-state index < -0.39 is 11.7 Å². The van der Waals surface area contributed by atoms with Crippen molar-refractivity contribution in [3.8, 4) is 0 Å². The lowest BCUT2D eigenvalue weighted by Gasteiger charge is -2.15. The summed E-state index contributed by atoms with van der Waals surface area (Å²) in [7, 11) is 0. The summed E-state index contributed by atoms with van der Waals surface area (Å²) in [6, 6.07) is 10.3. The second-order valence-electron chi connectivity index (χ2n) is 5.25. The fourth-order valence-electron chi connectivity index (χ4n) is 2.36. The van der Waals surface area contributed by atoms with Crippen LogP contribution in [-0.2, 0) is 12.7 Å². The summed E-state index contributed by atoms with van der Waals surface area (Å²) in [6.45, 7) is 5.98. The third-order valence-electron chi connectivity index (χ3n) is 3.66. The number of hydrogen-bond acceptors (Lipinski definition) is 1. The van der Waals surface area contributed by atoms with Crippen LogP contribution in [0.15, 0.2) is 36.4 Å². The van der Waals surface area contributed by atoms with Crippen LogP contribution in [0.25, 0.3) is 0 Å². The first kappa shape index (κ1) is 15.4. The summed E-state index contributed by atoms with van der Waals surface area (Å²) >= 11 is 0. The molecule has 0 amide bonds. The molecule has 0 aliphatic heterocycles. The summed E-state index contributed by atoms with van der Waals surface area (Å²) in [4.78, 5) is 0. The highest BCUT2D eigenvalue weighted by Crippen LogP contribution is 2.33. The monoisotopic (exact) mass is 293 g/mol.